The van der Waals surface area contributed by atoms with Gasteiger partial charge in [0.15, 0.2) is 0 Å². The van der Waals surface area contributed by atoms with Crippen molar-refractivity contribution < 1.29 is 5.11 Å². The molecule has 0 atom stereocenters. The van der Waals surface area contributed by atoms with E-state index in [1.165, 1.54) is 0 Å². The molecule has 2 rings (SSSR count). The minimum atomic E-state index is -0.0911. The third-order valence-corrected chi connectivity index (χ3v) is 3.99. The largest absolute Gasteiger partial charge is 0.393 e. The molecule has 1 aliphatic rings. The molecule has 1 fully saturated rings. The van der Waals surface area contributed by atoms with Crippen molar-refractivity contribution in [1.82, 2.24) is 4.98 Å². The predicted octanol–water partition coefficient (Wildman–Crippen LogP) is 3.46. The molecule has 0 spiro atoms. The first kappa shape index (κ1) is 13.1. The SMILES string of the molecule is OC1CCC(CNc2ncc(Cl)cc2Br)CC1. The average molecular weight is 320 g/mol. The zero-order valence-electron chi connectivity index (χ0n) is 9.50. The standard InChI is InChI=1S/C12H16BrClN2O/c13-11-5-9(14)7-16-12(11)15-6-8-1-3-10(17)4-2-8/h5,7-8,10,17H,1-4,6H2,(H,15,16). The van der Waals surface area contributed by atoms with E-state index in [0.717, 1.165) is 42.5 Å². The van der Waals surface area contributed by atoms with E-state index >= 15 is 0 Å². The number of nitrogens with zero attached hydrogens (tertiary/aromatic N) is 1. The van der Waals surface area contributed by atoms with E-state index in [9.17, 15) is 5.11 Å². The number of hydrogen-bond acceptors (Lipinski definition) is 3. The Morgan fingerprint density at radius 1 is 1.41 bits per heavy atom. The molecule has 1 aromatic heterocycles. The number of halogens is 2. The first-order valence-electron chi connectivity index (χ1n) is 5.88. The predicted molar refractivity (Wildman–Crippen MR) is 73.4 cm³/mol. The van der Waals surface area contributed by atoms with Gasteiger partial charge >= 0.3 is 0 Å². The van der Waals surface area contributed by atoms with Crippen molar-refractivity contribution in [3.63, 3.8) is 0 Å². The molecule has 1 aromatic rings. The first-order chi connectivity index (χ1) is 8.15. The third-order valence-electron chi connectivity index (χ3n) is 3.18. The summed E-state index contributed by atoms with van der Waals surface area (Å²) >= 11 is 9.27. The molecule has 17 heavy (non-hydrogen) atoms. The number of aliphatic hydroxyl groups is 1. The van der Waals surface area contributed by atoms with Gasteiger partial charge in [-0.2, -0.15) is 0 Å². The fraction of sp³-hybridized carbons (Fsp3) is 0.583. The Kier molecular flexibility index (Phi) is 4.65. The molecule has 3 nitrogen and oxygen atoms in total. The second-order valence-corrected chi connectivity index (χ2v) is 5.83. The van der Waals surface area contributed by atoms with E-state index < -0.39 is 0 Å². The Balaban J connectivity index is 1.85. The molecule has 1 aliphatic carbocycles. The van der Waals surface area contributed by atoms with Crippen molar-refractivity contribution in [2.45, 2.75) is 31.8 Å². The van der Waals surface area contributed by atoms with E-state index in [0.29, 0.717) is 10.9 Å². The van der Waals surface area contributed by atoms with Gasteiger partial charge in [0.2, 0.25) is 0 Å². The summed E-state index contributed by atoms with van der Waals surface area (Å²) in [6, 6.07) is 1.83. The zero-order valence-corrected chi connectivity index (χ0v) is 11.8. The average Bonchev–Trinajstić information content (AvgIpc) is 2.30. The van der Waals surface area contributed by atoms with E-state index in [4.69, 9.17) is 11.6 Å². The van der Waals surface area contributed by atoms with Crippen LogP contribution < -0.4 is 5.32 Å². The minimum Gasteiger partial charge on any atom is -0.393 e. The number of hydrogen-bond donors (Lipinski definition) is 2. The summed E-state index contributed by atoms with van der Waals surface area (Å²) in [5, 5.41) is 13.4. The van der Waals surface area contributed by atoms with E-state index in [1.807, 2.05) is 6.07 Å². The summed E-state index contributed by atoms with van der Waals surface area (Å²) in [6.45, 7) is 0.903. The van der Waals surface area contributed by atoms with Gasteiger partial charge in [-0.15, -0.1) is 0 Å². The molecular formula is C12H16BrClN2O. The molecule has 0 radical (unpaired) electrons. The lowest BCUT2D eigenvalue weighted by atomic mass is 9.87. The molecule has 0 unspecified atom stereocenters. The maximum Gasteiger partial charge on any atom is 0.140 e. The number of aromatic nitrogens is 1. The summed E-state index contributed by atoms with van der Waals surface area (Å²) in [6.07, 6.45) is 5.55. The van der Waals surface area contributed by atoms with Gasteiger partial charge in [-0.1, -0.05) is 11.6 Å². The highest BCUT2D eigenvalue weighted by Gasteiger charge is 2.19. The van der Waals surface area contributed by atoms with Crippen molar-refractivity contribution in [3.05, 3.63) is 21.8 Å². The summed E-state index contributed by atoms with van der Waals surface area (Å²) in [4.78, 5) is 4.24. The summed E-state index contributed by atoms with van der Waals surface area (Å²) < 4.78 is 0.890. The molecule has 2 N–H and O–H groups in total. The lowest BCUT2D eigenvalue weighted by Gasteiger charge is -2.25. The maximum absolute atomic E-state index is 9.43. The van der Waals surface area contributed by atoms with Crippen LogP contribution in [-0.2, 0) is 0 Å². The summed E-state index contributed by atoms with van der Waals surface area (Å²) in [7, 11) is 0. The van der Waals surface area contributed by atoms with Gasteiger partial charge < -0.3 is 10.4 Å². The lowest BCUT2D eigenvalue weighted by Crippen LogP contribution is -2.23. The van der Waals surface area contributed by atoms with Crippen LogP contribution in [0.4, 0.5) is 5.82 Å². The Hall–Kier alpha value is -0.320. The van der Waals surface area contributed by atoms with Crippen LogP contribution in [0.3, 0.4) is 0 Å². The van der Waals surface area contributed by atoms with Gasteiger partial charge in [0, 0.05) is 12.7 Å². The van der Waals surface area contributed by atoms with Crippen LogP contribution in [0.1, 0.15) is 25.7 Å². The van der Waals surface area contributed by atoms with Crippen LogP contribution >= 0.6 is 27.5 Å². The number of pyridine rings is 1. The van der Waals surface area contributed by atoms with Crippen molar-refractivity contribution in [1.29, 1.82) is 0 Å². The minimum absolute atomic E-state index is 0.0911. The van der Waals surface area contributed by atoms with Gasteiger partial charge in [0.1, 0.15) is 5.82 Å². The highest BCUT2D eigenvalue weighted by atomic mass is 79.9. The molecule has 1 saturated carbocycles. The van der Waals surface area contributed by atoms with Crippen molar-refractivity contribution in [2.75, 3.05) is 11.9 Å². The highest BCUT2D eigenvalue weighted by molar-refractivity contribution is 9.10. The molecule has 0 saturated heterocycles. The molecule has 0 bridgehead atoms. The topological polar surface area (TPSA) is 45.1 Å². The van der Waals surface area contributed by atoms with Gasteiger partial charge in [0.25, 0.3) is 0 Å². The quantitative estimate of drug-likeness (QED) is 0.897. The van der Waals surface area contributed by atoms with Crippen molar-refractivity contribution >= 4 is 33.3 Å². The van der Waals surface area contributed by atoms with E-state index in [-0.39, 0.29) is 6.10 Å². The van der Waals surface area contributed by atoms with Gasteiger partial charge in [0.05, 0.1) is 15.6 Å². The first-order valence-corrected chi connectivity index (χ1v) is 7.05. The number of anilines is 1. The molecule has 5 heteroatoms. The lowest BCUT2D eigenvalue weighted by molar-refractivity contribution is 0.111. The fourth-order valence-electron chi connectivity index (χ4n) is 2.13. The monoisotopic (exact) mass is 318 g/mol. The maximum atomic E-state index is 9.43. The second kappa shape index (κ2) is 6.03. The van der Waals surface area contributed by atoms with Crippen LogP contribution in [0.15, 0.2) is 16.7 Å². The zero-order chi connectivity index (χ0) is 12.3. The van der Waals surface area contributed by atoms with Crippen LogP contribution in [0.2, 0.25) is 5.02 Å². The number of rotatable bonds is 3. The normalized spacial score (nSPS) is 24.6. The molecule has 1 heterocycles. The molecule has 0 amide bonds. The number of nitrogens with one attached hydrogen (secondary N) is 1. The molecule has 0 aliphatic heterocycles. The van der Waals surface area contributed by atoms with Crippen LogP contribution in [-0.4, -0.2) is 22.7 Å². The van der Waals surface area contributed by atoms with E-state index in [2.05, 4.69) is 26.2 Å². The number of aliphatic hydroxyl groups excluding tert-OH is 1. The van der Waals surface area contributed by atoms with Crippen molar-refractivity contribution in [2.24, 2.45) is 5.92 Å². The smallest absolute Gasteiger partial charge is 0.140 e. The van der Waals surface area contributed by atoms with Crippen LogP contribution in [0, 0.1) is 5.92 Å². The fourth-order valence-corrected chi connectivity index (χ4v) is 2.91. The summed E-state index contributed by atoms with van der Waals surface area (Å²) in [5.74, 6) is 1.46. The second-order valence-electron chi connectivity index (χ2n) is 4.54. The van der Waals surface area contributed by atoms with Crippen molar-refractivity contribution in [3.8, 4) is 0 Å². The van der Waals surface area contributed by atoms with Gasteiger partial charge in [-0.25, -0.2) is 4.98 Å². The Labute approximate surface area is 115 Å². The van der Waals surface area contributed by atoms with Crippen LogP contribution in [0.5, 0.6) is 0 Å². The molecular weight excluding hydrogens is 304 g/mol. The molecule has 94 valence electrons. The Bertz CT molecular complexity index is 381. The van der Waals surface area contributed by atoms with E-state index in [1.54, 1.807) is 6.20 Å². The molecule has 0 aromatic carbocycles. The third kappa shape index (κ3) is 3.83. The Morgan fingerprint density at radius 3 is 2.76 bits per heavy atom. The highest BCUT2D eigenvalue weighted by Crippen LogP contribution is 2.27. The van der Waals surface area contributed by atoms with Gasteiger partial charge in [-0.3, -0.25) is 0 Å². The summed E-state index contributed by atoms with van der Waals surface area (Å²) in [5.41, 5.74) is 0. The van der Waals surface area contributed by atoms with Crippen LogP contribution in [0.25, 0.3) is 0 Å². The Morgan fingerprint density at radius 2 is 2.12 bits per heavy atom. The van der Waals surface area contributed by atoms with Gasteiger partial charge in [-0.05, 0) is 53.6 Å².